The van der Waals surface area contributed by atoms with Gasteiger partial charge in [-0.15, -0.1) is 0 Å². The maximum Gasteiger partial charge on any atom is 0.287 e. The van der Waals surface area contributed by atoms with E-state index in [9.17, 15) is 4.79 Å². The average molecular weight is 285 g/mol. The van der Waals surface area contributed by atoms with Gasteiger partial charge in [-0.05, 0) is 48.4 Å². The molecular formula is C16H19N3O2. The molecule has 0 atom stereocenters. The summed E-state index contributed by atoms with van der Waals surface area (Å²) in [7, 11) is 0. The normalized spacial score (nSPS) is 10.7. The van der Waals surface area contributed by atoms with Crippen molar-refractivity contribution in [3.63, 3.8) is 0 Å². The first-order chi connectivity index (χ1) is 10.3. The smallest absolute Gasteiger partial charge is 0.287 e. The Hall–Kier alpha value is -2.56. The van der Waals surface area contributed by atoms with Crippen molar-refractivity contribution in [1.29, 1.82) is 0 Å². The molecule has 1 amide bonds. The standard InChI is InChI=1S/C16H19N3O2/c1-2-3-11-21-14-8-6-13(7-9-14)12-18-19-16(20)15-5-4-10-17-15/h4-10,12,17H,2-3,11H2,1H3,(H,19,20)/b18-12-. The summed E-state index contributed by atoms with van der Waals surface area (Å²) in [5, 5.41) is 3.92. The number of ether oxygens (including phenoxy) is 1. The molecule has 0 bridgehead atoms. The Bertz CT molecular complexity index is 574. The second kappa shape index (κ2) is 7.89. The summed E-state index contributed by atoms with van der Waals surface area (Å²) in [6.07, 6.45) is 5.45. The van der Waals surface area contributed by atoms with Gasteiger partial charge >= 0.3 is 0 Å². The third-order valence-electron chi connectivity index (χ3n) is 2.87. The molecule has 2 aromatic rings. The van der Waals surface area contributed by atoms with Crippen LogP contribution in [0.3, 0.4) is 0 Å². The number of aromatic nitrogens is 1. The van der Waals surface area contributed by atoms with Crippen LogP contribution in [0, 0.1) is 0 Å². The summed E-state index contributed by atoms with van der Waals surface area (Å²) in [6, 6.07) is 11.0. The minimum atomic E-state index is -0.268. The van der Waals surface area contributed by atoms with Crippen molar-refractivity contribution in [3.8, 4) is 5.75 Å². The highest BCUT2D eigenvalue weighted by Crippen LogP contribution is 2.11. The molecule has 110 valence electrons. The van der Waals surface area contributed by atoms with E-state index in [4.69, 9.17) is 4.74 Å². The molecule has 0 spiro atoms. The highest BCUT2D eigenvalue weighted by Gasteiger charge is 2.02. The van der Waals surface area contributed by atoms with Gasteiger partial charge in [-0.2, -0.15) is 5.10 Å². The number of rotatable bonds is 7. The van der Waals surface area contributed by atoms with E-state index in [1.807, 2.05) is 24.3 Å². The molecule has 0 aliphatic heterocycles. The topological polar surface area (TPSA) is 66.5 Å². The van der Waals surface area contributed by atoms with Gasteiger partial charge in [-0.1, -0.05) is 13.3 Å². The highest BCUT2D eigenvalue weighted by atomic mass is 16.5. The van der Waals surface area contributed by atoms with E-state index < -0.39 is 0 Å². The van der Waals surface area contributed by atoms with E-state index in [1.54, 1.807) is 24.5 Å². The fourth-order valence-electron chi connectivity index (χ4n) is 1.68. The molecule has 1 aromatic carbocycles. The molecule has 0 saturated carbocycles. The van der Waals surface area contributed by atoms with Gasteiger partial charge in [0.05, 0.1) is 12.8 Å². The Labute approximate surface area is 124 Å². The van der Waals surface area contributed by atoms with Crippen LogP contribution in [0.4, 0.5) is 0 Å². The van der Waals surface area contributed by atoms with Crippen LogP contribution in [-0.4, -0.2) is 23.7 Å². The van der Waals surface area contributed by atoms with Crippen LogP contribution in [0.1, 0.15) is 35.8 Å². The van der Waals surface area contributed by atoms with Gasteiger partial charge in [0.2, 0.25) is 0 Å². The van der Waals surface area contributed by atoms with E-state index in [2.05, 4.69) is 22.4 Å². The molecule has 0 saturated heterocycles. The average Bonchev–Trinajstić information content (AvgIpc) is 3.03. The molecule has 21 heavy (non-hydrogen) atoms. The molecule has 0 fully saturated rings. The fourth-order valence-corrected chi connectivity index (χ4v) is 1.68. The van der Waals surface area contributed by atoms with Crippen molar-refractivity contribution in [3.05, 3.63) is 53.9 Å². The molecule has 0 radical (unpaired) electrons. The SMILES string of the molecule is CCCCOc1ccc(/C=N\NC(=O)c2ccc[nH]2)cc1. The number of carbonyl (C=O) groups excluding carboxylic acids is 1. The number of amides is 1. The van der Waals surface area contributed by atoms with Crippen molar-refractivity contribution in [2.45, 2.75) is 19.8 Å². The number of nitrogens with one attached hydrogen (secondary N) is 2. The predicted octanol–water partition coefficient (Wildman–Crippen LogP) is 2.96. The number of hydrazone groups is 1. The summed E-state index contributed by atoms with van der Waals surface area (Å²) in [5.41, 5.74) is 3.83. The summed E-state index contributed by atoms with van der Waals surface area (Å²) in [4.78, 5) is 14.4. The lowest BCUT2D eigenvalue weighted by atomic mass is 10.2. The Morgan fingerprint density at radius 3 is 2.81 bits per heavy atom. The van der Waals surface area contributed by atoms with Crippen molar-refractivity contribution in [2.24, 2.45) is 5.10 Å². The predicted molar refractivity (Wildman–Crippen MR) is 82.7 cm³/mol. The first kappa shape index (κ1) is 14.8. The van der Waals surface area contributed by atoms with Crippen molar-refractivity contribution in [1.82, 2.24) is 10.4 Å². The molecule has 0 aliphatic carbocycles. The molecule has 1 aromatic heterocycles. The van der Waals surface area contributed by atoms with Gasteiger partial charge in [0.1, 0.15) is 11.4 Å². The number of benzene rings is 1. The Kier molecular flexibility index (Phi) is 5.58. The first-order valence-electron chi connectivity index (χ1n) is 6.99. The molecule has 5 heteroatoms. The molecule has 2 N–H and O–H groups in total. The molecule has 2 rings (SSSR count). The van der Waals surface area contributed by atoms with Crippen LogP contribution in [0.15, 0.2) is 47.7 Å². The number of aromatic amines is 1. The lowest BCUT2D eigenvalue weighted by molar-refractivity contribution is 0.0951. The van der Waals surface area contributed by atoms with Crippen LogP contribution in [0.5, 0.6) is 5.75 Å². The van der Waals surface area contributed by atoms with Crippen molar-refractivity contribution in [2.75, 3.05) is 6.61 Å². The number of unbranched alkanes of at least 4 members (excludes halogenated alkanes) is 1. The number of hydrogen-bond acceptors (Lipinski definition) is 3. The quantitative estimate of drug-likeness (QED) is 0.466. The zero-order valence-electron chi connectivity index (χ0n) is 12.0. The summed E-state index contributed by atoms with van der Waals surface area (Å²) >= 11 is 0. The molecule has 0 unspecified atom stereocenters. The van der Waals surface area contributed by atoms with Gasteiger partial charge in [0.15, 0.2) is 0 Å². The molecule has 1 heterocycles. The zero-order valence-corrected chi connectivity index (χ0v) is 12.0. The summed E-state index contributed by atoms with van der Waals surface area (Å²) in [5.74, 6) is 0.576. The lowest BCUT2D eigenvalue weighted by Crippen LogP contribution is -2.17. The van der Waals surface area contributed by atoms with E-state index >= 15 is 0 Å². The largest absolute Gasteiger partial charge is 0.494 e. The maximum atomic E-state index is 11.6. The van der Waals surface area contributed by atoms with Crippen LogP contribution in [0.2, 0.25) is 0 Å². The number of carbonyl (C=O) groups is 1. The zero-order chi connectivity index (χ0) is 14.9. The van der Waals surface area contributed by atoms with E-state index in [-0.39, 0.29) is 5.91 Å². The Balaban J connectivity index is 1.82. The van der Waals surface area contributed by atoms with Crippen LogP contribution < -0.4 is 10.2 Å². The fraction of sp³-hybridized carbons (Fsp3) is 0.250. The molecule has 0 aliphatic rings. The van der Waals surface area contributed by atoms with Gasteiger partial charge in [-0.3, -0.25) is 4.79 Å². The molecule has 5 nitrogen and oxygen atoms in total. The third-order valence-corrected chi connectivity index (χ3v) is 2.87. The Morgan fingerprint density at radius 2 is 2.14 bits per heavy atom. The van der Waals surface area contributed by atoms with E-state index in [0.717, 1.165) is 30.8 Å². The monoisotopic (exact) mass is 285 g/mol. The van der Waals surface area contributed by atoms with Crippen LogP contribution in [-0.2, 0) is 0 Å². The van der Waals surface area contributed by atoms with Crippen molar-refractivity contribution < 1.29 is 9.53 Å². The molecular weight excluding hydrogens is 266 g/mol. The third kappa shape index (κ3) is 4.80. The Morgan fingerprint density at radius 1 is 1.33 bits per heavy atom. The van der Waals surface area contributed by atoms with Gasteiger partial charge in [0, 0.05) is 6.20 Å². The second-order valence-corrected chi connectivity index (χ2v) is 4.55. The lowest BCUT2D eigenvalue weighted by Gasteiger charge is -2.04. The maximum absolute atomic E-state index is 11.6. The number of H-pyrrole nitrogens is 1. The van der Waals surface area contributed by atoms with Gasteiger partial charge in [-0.25, -0.2) is 5.43 Å². The first-order valence-corrected chi connectivity index (χ1v) is 6.99. The number of nitrogens with zero attached hydrogens (tertiary/aromatic N) is 1. The van der Waals surface area contributed by atoms with Crippen LogP contribution in [0.25, 0.3) is 0 Å². The van der Waals surface area contributed by atoms with E-state index in [1.165, 1.54) is 0 Å². The number of hydrogen-bond donors (Lipinski definition) is 2. The minimum Gasteiger partial charge on any atom is -0.494 e. The highest BCUT2D eigenvalue weighted by molar-refractivity contribution is 5.93. The van der Waals surface area contributed by atoms with Crippen LogP contribution >= 0.6 is 0 Å². The van der Waals surface area contributed by atoms with E-state index in [0.29, 0.717) is 5.69 Å². The summed E-state index contributed by atoms with van der Waals surface area (Å²) in [6.45, 7) is 2.86. The summed E-state index contributed by atoms with van der Waals surface area (Å²) < 4.78 is 5.57. The van der Waals surface area contributed by atoms with Gasteiger partial charge < -0.3 is 9.72 Å². The van der Waals surface area contributed by atoms with Gasteiger partial charge in [0.25, 0.3) is 5.91 Å². The minimum absolute atomic E-state index is 0.268. The second-order valence-electron chi connectivity index (χ2n) is 4.55. The van der Waals surface area contributed by atoms with Crippen molar-refractivity contribution >= 4 is 12.1 Å².